The van der Waals surface area contributed by atoms with Crippen LogP contribution in [-0.2, 0) is 0 Å². The average molecular weight is 227 g/mol. The Labute approximate surface area is 79.8 Å². The summed E-state index contributed by atoms with van der Waals surface area (Å²) in [5.41, 5.74) is -4.10. The molecule has 0 bridgehead atoms. The first-order chi connectivity index (χ1) is 6.65. The van der Waals surface area contributed by atoms with Gasteiger partial charge in [0.05, 0.1) is 14.8 Å². The van der Waals surface area contributed by atoms with Crippen LogP contribution in [0, 0.1) is 30.3 Å². The van der Waals surface area contributed by atoms with E-state index in [9.17, 15) is 30.3 Å². The van der Waals surface area contributed by atoms with Gasteiger partial charge in [-0.2, -0.15) is 0 Å². The van der Waals surface area contributed by atoms with Crippen molar-refractivity contribution in [1.82, 2.24) is 0 Å². The number of aliphatic hydroxyl groups is 3. The van der Waals surface area contributed by atoms with Crippen molar-refractivity contribution >= 4 is 0 Å². The van der Waals surface area contributed by atoms with Crippen molar-refractivity contribution in [2.75, 3.05) is 0 Å². The summed E-state index contributed by atoms with van der Waals surface area (Å²) in [7, 11) is 0. The molecule has 3 N–H and O–H groups in total. The third-order valence-electron chi connectivity index (χ3n) is 1.45. The Kier molecular flexibility index (Phi) is 3.55. The molecule has 2 atom stereocenters. The third kappa shape index (κ3) is 2.12. The molecule has 12 nitrogen and oxygen atoms in total. The molecule has 0 rings (SSSR count). The molecule has 15 heavy (non-hydrogen) atoms. The van der Waals surface area contributed by atoms with Gasteiger partial charge in [0.1, 0.15) is 0 Å². The van der Waals surface area contributed by atoms with E-state index >= 15 is 0 Å². The normalized spacial score (nSPS) is 18.6. The van der Waals surface area contributed by atoms with Crippen LogP contribution in [0.1, 0.15) is 0 Å². The lowest BCUT2D eigenvalue weighted by Gasteiger charge is -2.17. The highest BCUT2D eigenvalue weighted by Crippen LogP contribution is 2.18. The summed E-state index contributed by atoms with van der Waals surface area (Å²) in [4.78, 5) is 24.6. The SMILES string of the molecule is O=[N+]([O-])C(O)C(O)(C(O)[N+](=O)[O-])[N+](=O)[O-]. The van der Waals surface area contributed by atoms with Gasteiger partial charge in [-0.25, -0.2) is 0 Å². The van der Waals surface area contributed by atoms with Crippen LogP contribution in [0.2, 0.25) is 0 Å². The second-order valence-electron chi connectivity index (χ2n) is 2.36. The second-order valence-corrected chi connectivity index (χ2v) is 2.36. The van der Waals surface area contributed by atoms with Crippen LogP contribution < -0.4 is 0 Å². The number of hydrogen-bond donors (Lipinski definition) is 3. The van der Waals surface area contributed by atoms with E-state index in [0.29, 0.717) is 0 Å². The smallest absolute Gasteiger partial charge is 0.325 e. The topological polar surface area (TPSA) is 190 Å². The maximum atomic E-state index is 10.1. The minimum Gasteiger partial charge on any atom is -0.325 e. The van der Waals surface area contributed by atoms with Crippen molar-refractivity contribution in [1.29, 1.82) is 0 Å². The molecule has 0 saturated carbocycles. The predicted octanol–water partition coefficient (Wildman–Crippen LogP) is -2.86. The van der Waals surface area contributed by atoms with Crippen molar-refractivity contribution in [3.63, 3.8) is 0 Å². The van der Waals surface area contributed by atoms with Gasteiger partial charge in [-0.15, -0.1) is 0 Å². The molecule has 0 fully saturated rings. The molecule has 0 radical (unpaired) electrons. The molecule has 2 unspecified atom stereocenters. The predicted molar refractivity (Wildman–Crippen MR) is 37.9 cm³/mol. The van der Waals surface area contributed by atoms with Crippen LogP contribution in [0.4, 0.5) is 0 Å². The van der Waals surface area contributed by atoms with Crippen LogP contribution in [0.5, 0.6) is 0 Å². The maximum Gasteiger partial charge on any atom is 0.508 e. The molecule has 0 aromatic carbocycles. The molecule has 0 spiro atoms. The molecule has 0 amide bonds. The van der Waals surface area contributed by atoms with E-state index in [2.05, 4.69) is 0 Å². The standard InChI is InChI=1S/C3H5N3O9/c7-1(4(10)11)3(9,6(14)15)2(8)5(12)13/h1-2,7-9H. The zero-order valence-electron chi connectivity index (χ0n) is 6.79. The molecule has 0 heterocycles. The molecular formula is C3H5N3O9. The molecule has 0 aliphatic heterocycles. The molecule has 0 aliphatic rings. The third-order valence-corrected chi connectivity index (χ3v) is 1.45. The minimum atomic E-state index is -4.10. The number of aliphatic hydroxyl groups excluding tert-OH is 2. The van der Waals surface area contributed by atoms with E-state index in [4.69, 9.17) is 15.3 Å². The first-order valence-corrected chi connectivity index (χ1v) is 3.15. The zero-order chi connectivity index (χ0) is 12.4. The number of nitro groups is 3. The zero-order valence-corrected chi connectivity index (χ0v) is 6.79. The maximum absolute atomic E-state index is 10.1. The van der Waals surface area contributed by atoms with Gasteiger partial charge in [-0.1, -0.05) is 0 Å². The Morgan fingerprint density at radius 2 is 1.20 bits per heavy atom. The van der Waals surface area contributed by atoms with E-state index in [0.717, 1.165) is 0 Å². The monoisotopic (exact) mass is 227 g/mol. The molecular weight excluding hydrogens is 222 g/mol. The van der Waals surface area contributed by atoms with Gasteiger partial charge in [0.25, 0.3) is 0 Å². The number of hydrogen-bond acceptors (Lipinski definition) is 9. The van der Waals surface area contributed by atoms with E-state index in [-0.39, 0.29) is 0 Å². The van der Waals surface area contributed by atoms with Crippen molar-refractivity contribution in [3.8, 4) is 0 Å². The lowest BCUT2D eigenvalue weighted by Crippen LogP contribution is -2.63. The molecule has 0 aliphatic carbocycles. The fourth-order valence-electron chi connectivity index (χ4n) is 0.632. The Balaban J connectivity index is 5.33. The largest absolute Gasteiger partial charge is 0.508 e. The Morgan fingerprint density at radius 1 is 0.933 bits per heavy atom. The van der Waals surface area contributed by atoms with Gasteiger partial charge >= 0.3 is 18.2 Å². The lowest BCUT2D eigenvalue weighted by atomic mass is 10.1. The summed E-state index contributed by atoms with van der Waals surface area (Å²) in [6.45, 7) is 0. The fraction of sp³-hybridized carbons (Fsp3) is 1.00. The van der Waals surface area contributed by atoms with E-state index < -0.39 is 33.0 Å². The summed E-state index contributed by atoms with van der Waals surface area (Å²) in [5.74, 6) is 0. The number of rotatable bonds is 5. The average Bonchev–Trinajstić information content (AvgIpc) is 2.13. The summed E-state index contributed by atoms with van der Waals surface area (Å²) in [5, 5.41) is 56.1. The van der Waals surface area contributed by atoms with Crippen LogP contribution >= 0.6 is 0 Å². The molecule has 0 aromatic rings. The van der Waals surface area contributed by atoms with Gasteiger partial charge in [0.2, 0.25) is 0 Å². The highest BCUT2D eigenvalue weighted by molar-refractivity contribution is 4.71. The van der Waals surface area contributed by atoms with Gasteiger partial charge in [-0.05, 0) is 0 Å². The Morgan fingerprint density at radius 3 is 1.33 bits per heavy atom. The highest BCUT2D eigenvalue weighted by Gasteiger charge is 2.69. The van der Waals surface area contributed by atoms with Crippen LogP contribution in [0.3, 0.4) is 0 Å². The van der Waals surface area contributed by atoms with Gasteiger partial charge in [0, 0.05) is 0 Å². The first-order valence-electron chi connectivity index (χ1n) is 3.15. The highest BCUT2D eigenvalue weighted by atomic mass is 16.7. The second kappa shape index (κ2) is 4.07. The summed E-state index contributed by atoms with van der Waals surface area (Å²) >= 11 is 0. The van der Waals surface area contributed by atoms with Crippen molar-refractivity contribution in [2.24, 2.45) is 0 Å². The van der Waals surface area contributed by atoms with E-state index in [1.54, 1.807) is 0 Å². The van der Waals surface area contributed by atoms with Crippen LogP contribution in [-0.4, -0.2) is 48.3 Å². The number of nitrogens with zero attached hydrogens (tertiary/aromatic N) is 3. The van der Waals surface area contributed by atoms with Crippen molar-refractivity contribution in [3.05, 3.63) is 30.3 Å². The Bertz CT molecular complexity index is 281. The molecule has 12 heteroatoms. The summed E-state index contributed by atoms with van der Waals surface area (Å²) in [6, 6.07) is 0. The van der Waals surface area contributed by atoms with Gasteiger partial charge in [0.15, 0.2) is 0 Å². The van der Waals surface area contributed by atoms with Gasteiger partial charge in [-0.3, -0.25) is 30.3 Å². The molecule has 86 valence electrons. The van der Waals surface area contributed by atoms with Crippen LogP contribution in [0.25, 0.3) is 0 Å². The Hall–Kier alpha value is -1.92. The quantitative estimate of drug-likeness (QED) is 0.251. The van der Waals surface area contributed by atoms with Crippen molar-refractivity contribution in [2.45, 2.75) is 18.2 Å². The van der Waals surface area contributed by atoms with Crippen LogP contribution in [0.15, 0.2) is 0 Å². The molecule has 0 saturated heterocycles. The first kappa shape index (κ1) is 13.1. The minimum absolute atomic E-state index is 1.74. The molecule has 0 aromatic heterocycles. The van der Waals surface area contributed by atoms with Crippen molar-refractivity contribution < 1.29 is 30.1 Å². The van der Waals surface area contributed by atoms with E-state index in [1.807, 2.05) is 0 Å². The fourth-order valence-corrected chi connectivity index (χ4v) is 0.632. The summed E-state index contributed by atoms with van der Waals surface area (Å²) in [6.07, 6.45) is -6.65. The van der Waals surface area contributed by atoms with E-state index in [1.165, 1.54) is 0 Å². The summed E-state index contributed by atoms with van der Waals surface area (Å²) < 4.78 is 0. The lowest BCUT2D eigenvalue weighted by molar-refractivity contribution is -0.779. The van der Waals surface area contributed by atoms with Gasteiger partial charge < -0.3 is 15.3 Å².